The van der Waals surface area contributed by atoms with Gasteiger partial charge < -0.3 is 5.32 Å². The van der Waals surface area contributed by atoms with E-state index in [0.29, 0.717) is 5.69 Å². The number of carbonyl (C=O) groups is 1. The molecule has 2 aromatic carbocycles. The lowest BCUT2D eigenvalue weighted by Gasteiger charge is -2.09. The number of amides is 1. The number of benzene rings is 2. The number of carbonyl (C=O) groups excluding carboxylic acids is 1. The highest BCUT2D eigenvalue weighted by Crippen LogP contribution is 2.22. The summed E-state index contributed by atoms with van der Waals surface area (Å²) < 4.78 is 3.09. The van der Waals surface area contributed by atoms with Crippen LogP contribution in [-0.2, 0) is 18.4 Å². The van der Waals surface area contributed by atoms with Crippen LogP contribution in [0.4, 0.5) is 11.4 Å². The normalized spacial score (nSPS) is 10.8. The summed E-state index contributed by atoms with van der Waals surface area (Å²) in [7, 11) is 1.69. The number of nitro groups is 1. The third kappa shape index (κ3) is 3.21. The van der Waals surface area contributed by atoms with Gasteiger partial charge >= 0.3 is 5.69 Å². The monoisotopic (exact) mass is 354 g/mol. The van der Waals surface area contributed by atoms with Gasteiger partial charge in [-0.05, 0) is 24.6 Å². The Balaban J connectivity index is 1.77. The molecule has 1 heterocycles. The van der Waals surface area contributed by atoms with E-state index in [1.54, 1.807) is 24.6 Å². The Morgan fingerprint density at radius 2 is 1.88 bits per heavy atom. The number of hydrogen-bond donors (Lipinski definition) is 1. The van der Waals surface area contributed by atoms with E-state index < -0.39 is 4.92 Å². The van der Waals surface area contributed by atoms with Crippen LogP contribution in [0.15, 0.2) is 47.3 Å². The minimum Gasteiger partial charge on any atom is -0.326 e. The Labute approximate surface area is 148 Å². The van der Waals surface area contributed by atoms with E-state index in [1.165, 1.54) is 16.7 Å². The first-order valence-corrected chi connectivity index (χ1v) is 8.07. The van der Waals surface area contributed by atoms with Gasteiger partial charge in [-0.3, -0.25) is 24.0 Å². The standard InChI is InChI=1S/C18H18N4O4/c1-12-7-8-13(22(25)26)11-14(12)19-17(23)9-10-21-16-6-4-3-5-15(16)20(2)18(21)24/h3-8,11H,9-10H2,1-2H3,(H,19,23). The minimum atomic E-state index is -0.509. The number of hydrogen-bond acceptors (Lipinski definition) is 4. The maximum Gasteiger partial charge on any atom is 0.328 e. The number of fused-ring (bicyclic) bond motifs is 1. The Bertz CT molecular complexity index is 1060. The van der Waals surface area contributed by atoms with Crippen LogP contribution in [0, 0.1) is 17.0 Å². The summed E-state index contributed by atoms with van der Waals surface area (Å²) in [4.78, 5) is 35.0. The number of nitrogens with zero attached hydrogens (tertiary/aromatic N) is 3. The SMILES string of the molecule is Cc1ccc([N+](=O)[O-])cc1NC(=O)CCn1c(=O)n(C)c2ccccc21. The van der Waals surface area contributed by atoms with Crippen molar-refractivity contribution in [3.63, 3.8) is 0 Å². The molecule has 26 heavy (non-hydrogen) atoms. The van der Waals surface area contributed by atoms with Gasteiger partial charge in [-0.2, -0.15) is 0 Å². The molecule has 3 rings (SSSR count). The molecule has 1 N–H and O–H groups in total. The smallest absolute Gasteiger partial charge is 0.326 e. The Kier molecular flexibility index (Phi) is 4.57. The van der Waals surface area contributed by atoms with Crippen molar-refractivity contribution in [3.8, 4) is 0 Å². The fourth-order valence-electron chi connectivity index (χ4n) is 2.86. The van der Waals surface area contributed by atoms with Gasteiger partial charge in [0, 0.05) is 32.1 Å². The lowest BCUT2D eigenvalue weighted by Crippen LogP contribution is -2.24. The first kappa shape index (κ1) is 17.4. The zero-order valence-electron chi connectivity index (χ0n) is 14.4. The zero-order valence-corrected chi connectivity index (χ0v) is 14.4. The van der Waals surface area contributed by atoms with Crippen LogP contribution in [0.2, 0.25) is 0 Å². The highest BCUT2D eigenvalue weighted by atomic mass is 16.6. The fraction of sp³-hybridized carbons (Fsp3) is 0.222. The molecule has 1 amide bonds. The molecule has 0 bridgehead atoms. The Morgan fingerprint density at radius 1 is 1.19 bits per heavy atom. The highest BCUT2D eigenvalue weighted by Gasteiger charge is 2.13. The molecule has 0 atom stereocenters. The number of imidazole rings is 1. The quantitative estimate of drug-likeness (QED) is 0.562. The van der Waals surface area contributed by atoms with Crippen molar-refractivity contribution in [2.45, 2.75) is 19.9 Å². The predicted octanol–water partition coefficient (Wildman–Crippen LogP) is 2.59. The van der Waals surface area contributed by atoms with Gasteiger partial charge in [-0.25, -0.2) is 4.79 Å². The van der Waals surface area contributed by atoms with Crippen LogP contribution in [0.3, 0.4) is 0 Å². The lowest BCUT2D eigenvalue weighted by molar-refractivity contribution is -0.384. The van der Waals surface area contributed by atoms with Crippen LogP contribution in [0.1, 0.15) is 12.0 Å². The Hall–Kier alpha value is -3.42. The van der Waals surface area contributed by atoms with E-state index in [0.717, 1.165) is 16.6 Å². The highest BCUT2D eigenvalue weighted by molar-refractivity contribution is 5.92. The van der Waals surface area contributed by atoms with Crippen molar-refractivity contribution in [2.24, 2.45) is 7.05 Å². The number of nitro benzene ring substituents is 1. The van der Waals surface area contributed by atoms with Gasteiger partial charge in [0.15, 0.2) is 0 Å². The summed E-state index contributed by atoms with van der Waals surface area (Å²) in [5.74, 6) is -0.312. The second kappa shape index (κ2) is 6.83. The first-order chi connectivity index (χ1) is 12.4. The molecule has 0 fully saturated rings. The maximum absolute atomic E-state index is 12.4. The van der Waals surface area contributed by atoms with Crippen LogP contribution < -0.4 is 11.0 Å². The molecule has 0 saturated carbocycles. The maximum atomic E-state index is 12.4. The number of nitrogens with one attached hydrogen (secondary N) is 1. The van der Waals surface area contributed by atoms with E-state index in [-0.39, 0.29) is 30.2 Å². The summed E-state index contributed by atoms with van der Waals surface area (Å²) in [5.41, 5.74) is 2.41. The zero-order chi connectivity index (χ0) is 18.8. The summed E-state index contributed by atoms with van der Waals surface area (Å²) in [6.45, 7) is 1.98. The lowest BCUT2D eigenvalue weighted by atomic mass is 10.1. The van der Waals surface area contributed by atoms with Crippen LogP contribution in [0.25, 0.3) is 11.0 Å². The van der Waals surface area contributed by atoms with Crippen molar-refractivity contribution in [1.82, 2.24) is 9.13 Å². The van der Waals surface area contributed by atoms with Gasteiger partial charge in [0.1, 0.15) is 0 Å². The second-order valence-electron chi connectivity index (χ2n) is 6.04. The predicted molar refractivity (Wildman–Crippen MR) is 98.3 cm³/mol. The van der Waals surface area contributed by atoms with Crippen LogP contribution in [0.5, 0.6) is 0 Å². The molecule has 0 saturated heterocycles. The number of para-hydroxylation sites is 2. The van der Waals surface area contributed by atoms with Crippen LogP contribution >= 0.6 is 0 Å². The van der Waals surface area contributed by atoms with E-state index in [4.69, 9.17) is 0 Å². The molecule has 0 spiro atoms. The molecule has 0 unspecified atom stereocenters. The van der Waals surface area contributed by atoms with Gasteiger partial charge in [0.2, 0.25) is 5.91 Å². The average molecular weight is 354 g/mol. The van der Waals surface area contributed by atoms with Crippen LogP contribution in [-0.4, -0.2) is 20.0 Å². The summed E-state index contributed by atoms with van der Waals surface area (Å²) >= 11 is 0. The van der Waals surface area contributed by atoms with Gasteiger partial charge in [0.25, 0.3) is 5.69 Å². The van der Waals surface area contributed by atoms with E-state index in [2.05, 4.69) is 5.32 Å². The number of aryl methyl sites for hydroxylation is 3. The van der Waals surface area contributed by atoms with E-state index in [1.807, 2.05) is 24.3 Å². The molecule has 0 aliphatic heterocycles. The third-order valence-corrected chi connectivity index (χ3v) is 4.32. The van der Waals surface area contributed by atoms with Crippen molar-refractivity contribution < 1.29 is 9.72 Å². The minimum absolute atomic E-state index is 0.0794. The Morgan fingerprint density at radius 3 is 2.58 bits per heavy atom. The first-order valence-electron chi connectivity index (χ1n) is 8.07. The van der Waals surface area contributed by atoms with Gasteiger partial charge in [-0.15, -0.1) is 0 Å². The van der Waals surface area contributed by atoms with Gasteiger partial charge in [0.05, 0.1) is 21.6 Å². The fourth-order valence-corrected chi connectivity index (χ4v) is 2.86. The van der Waals surface area contributed by atoms with Crippen molar-refractivity contribution in [3.05, 3.63) is 68.6 Å². The molecule has 1 aromatic heterocycles. The van der Waals surface area contributed by atoms with Crippen molar-refractivity contribution in [1.29, 1.82) is 0 Å². The third-order valence-electron chi connectivity index (χ3n) is 4.32. The number of aromatic nitrogens is 2. The average Bonchev–Trinajstić information content (AvgIpc) is 2.86. The van der Waals surface area contributed by atoms with Gasteiger partial charge in [-0.1, -0.05) is 18.2 Å². The summed E-state index contributed by atoms with van der Waals surface area (Å²) in [6.07, 6.45) is 0.0794. The number of non-ortho nitro benzene ring substituents is 1. The second-order valence-corrected chi connectivity index (χ2v) is 6.04. The molecule has 3 aromatic rings. The molecular formula is C18H18N4O4. The van der Waals surface area contributed by atoms with E-state index in [9.17, 15) is 19.7 Å². The number of anilines is 1. The van der Waals surface area contributed by atoms with Crippen molar-refractivity contribution >= 4 is 28.3 Å². The molecule has 0 aliphatic rings. The molecule has 0 aliphatic carbocycles. The van der Waals surface area contributed by atoms with E-state index >= 15 is 0 Å². The molecule has 0 radical (unpaired) electrons. The summed E-state index contributed by atoms with van der Waals surface area (Å²) in [5, 5.41) is 13.6. The number of rotatable bonds is 5. The molecule has 8 heteroatoms. The van der Waals surface area contributed by atoms with Crippen molar-refractivity contribution in [2.75, 3.05) is 5.32 Å². The summed E-state index contributed by atoms with van der Waals surface area (Å²) in [6, 6.07) is 11.7. The topological polar surface area (TPSA) is 99.2 Å². The largest absolute Gasteiger partial charge is 0.328 e. The molecule has 134 valence electrons. The molecule has 8 nitrogen and oxygen atoms in total. The molecular weight excluding hydrogens is 336 g/mol.